The number of anilines is 1. The monoisotopic (exact) mass is 408 g/mol. The average molecular weight is 408 g/mol. The second-order valence-corrected chi connectivity index (χ2v) is 7.35. The molecule has 0 aliphatic heterocycles. The molecule has 2 aromatic rings. The van der Waals surface area contributed by atoms with Crippen LogP contribution in [0.3, 0.4) is 0 Å². The zero-order chi connectivity index (χ0) is 20.7. The summed E-state index contributed by atoms with van der Waals surface area (Å²) in [5.74, 6) is 0.433. The van der Waals surface area contributed by atoms with Crippen LogP contribution in [0.4, 0.5) is 11.4 Å². The molecule has 0 heterocycles. The van der Waals surface area contributed by atoms with Crippen molar-refractivity contribution in [2.45, 2.75) is 17.9 Å². The maximum Gasteiger partial charge on any atom is 0.293 e. The number of benzene rings is 2. The normalized spacial score (nSPS) is 10.9. The Morgan fingerprint density at radius 1 is 1.25 bits per heavy atom. The van der Waals surface area contributed by atoms with E-state index in [0.29, 0.717) is 12.3 Å². The first-order valence-corrected chi connectivity index (χ1v) is 9.70. The largest absolute Gasteiger partial charge is 0.497 e. The van der Waals surface area contributed by atoms with Crippen molar-refractivity contribution < 1.29 is 22.9 Å². The summed E-state index contributed by atoms with van der Waals surface area (Å²) in [5, 5.41) is 21.6. The molecular formula is C17H20N4O6S. The molecule has 0 unspecified atom stereocenters. The van der Waals surface area contributed by atoms with Crippen LogP contribution >= 0.6 is 0 Å². The van der Waals surface area contributed by atoms with Gasteiger partial charge in [-0.05, 0) is 29.8 Å². The van der Waals surface area contributed by atoms with Crippen LogP contribution in [-0.4, -0.2) is 32.9 Å². The molecular weight excluding hydrogens is 388 g/mol. The molecule has 2 aromatic carbocycles. The van der Waals surface area contributed by atoms with E-state index in [1.807, 2.05) is 12.1 Å². The number of nitro benzene ring substituents is 1. The van der Waals surface area contributed by atoms with Crippen LogP contribution in [0.15, 0.2) is 47.4 Å². The number of sulfonamides is 1. The molecule has 150 valence electrons. The Kier molecular flexibility index (Phi) is 6.90. The number of nitro groups is 1. The Bertz CT molecular complexity index is 977. The number of carbonyl (C=O) groups is 1. The van der Waals surface area contributed by atoms with Crippen molar-refractivity contribution >= 4 is 27.3 Å². The number of hydrogen-bond acceptors (Lipinski definition) is 7. The van der Waals surface area contributed by atoms with Gasteiger partial charge < -0.3 is 15.4 Å². The minimum Gasteiger partial charge on any atom is -0.497 e. The van der Waals surface area contributed by atoms with Crippen molar-refractivity contribution in [1.29, 1.82) is 0 Å². The molecule has 4 N–H and O–H groups in total. The second-order valence-electron chi connectivity index (χ2n) is 5.79. The number of hydrogen-bond donors (Lipinski definition) is 3. The van der Waals surface area contributed by atoms with Crippen LogP contribution in [0.25, 0.3) is 0 Å². The average Bonchev–Trinajstić information content (AvgIpc) is 2.65. The van der Waals surface area contributed by atoms with Gasteiger partial charge >= 0.3 is 0 Å². The van der Waals surface area contributed by atoms with Gasteiger partial charge in [-0.2, -0.15) is 0 Å². The maximum absolute atomic E-state index is 12.0. The summed E-state index contributed by atoms with van der Waals surface area (Å²) in [4.78, 5) is 22.0. The highest BCUT2D eigenvalue weighted by molar-refractivity contribution is 7.89. The lowest BCUT2D eigenvalue weighted by Crippen LogP contribution is -2.25. The number of nitrogens with zero attached hydrogens (tertiary/aromatic N) is 1. The zero-order valence-electron chi connectivity index (χ0n) is 15.0. The third-order valence-corrected chi connectivity index (χ3v) is 4.70. The Morgan fingerprint density at radius 3 is 2.64 bits per heavy atom. The molecule has 2 rings (SSSR count). The molecule has 0 saturated heterocycles. The maximum atomic E-state index is 12.0. The van der Waals surface area contributed by atoms with Crippen molar-refractivity contribution in [3.63, 3.8) is 0 Å². The number of methoxy groups -OCH3 is 1. The highest BCUT2D eigenvalue weighted by atomic mass is 32.2. The minimum absolute atomic E-state index is 0.0675. The highest BCUT2D eigenvalue weighted by Gasteiger charge is 2.19. The first-order chi connectivity index (χ1) is 13.2. The quantitative estimate of drug-likeness (QED) is 0.418. The van der Waals surface area contributed by atoms with Crippen molar-refractivity contribution in [3.8, 4) is 5.75 Å². The lowest BCUT2D eigenvalue weighted by Gasteiger charge is -2.09. The van der Waals surface area contributed by atoms with Crippen LogP contribution in [0.5, 0.6) is 5.75 Å². The fourth-order valence-electron chi connectivity index (χ4n) is 2.37. The van der Waals surface area contributed by atoms with Gasteiger partial charge in [0.2, 0.25) is 15.9 Å². The zero-order valence-corrected chi connectivity index (χ0v) is 15.9. The Balaban J connectivity index is 1.91. The van der Waals surface area contributed by atoms with Gasteiger partial charge in [0, 0.05) is 25.6 Å². The van der Waals surface area contributed by atoms with E-state index in [9.17, 15) is 23.3 Å². The fourth-order valence-corrected chi connectivity index (χ4v) is 2.90. The SMILES string of the molecule is COc1cccc(CNC(=O)CCNc2ccc(S(N)(=O)=O)cc2[N+](=O)[O-])c1. The van der Waals surface area contributed by atoms with Gasteiger partial charge in [-0.3, -0.25) is 14.9 Å². The number of nitrogens with two attached hydrogens (primary N) is 1. The lowest BCUT2D eigenvalue weighted by molar-refractivity contribution is -0.384. The van der Waals surface area contributed by atoms with Crippen LogP contribution in [-0.2, 0) is 21.4 Å². The Morgan fingerprint density at radius 2 is 2.00 bits per heavy atom. The molecule has 0 aromatic heterocycles. The second kappa shape index (κ2) is 9.15. The topological polar surface area (TPSA) is 154 Å². The molecule has 0 bridgehead atoms. The van der Waals surface area contributed by atoms with Gasteiger partial charge in [0.1, 0.15) is 11.4 Å². The molecule has 10 nitrogen and oxygen atoms in total. The highest BCUT2D eigenvalue weighted by Crippen LogP contribution is 2.27. The number of nitrogens with one attached hydrogen (secondary N) is 2. The summed E-state index contributed by atoms with van der Waals surface area (Å²) in [6.07, 6.45) is 0.0675. The Labute approximate surface area is 161 Å². The summed E-state index contributed by atoms with van der Waals surface area (Å²) in [7, 11) is -2.50. The van der Waals surface area contributed by atoms with E-state index in [4.69, 9.17) is 9.88 Å². The first-order valence-electron chi connectivity index (χ1n) is 8.15. The summed E-state index contributed by atoms with van der Waals surface area (Å²) in [6, 6.07) is 10.5. The molecule has 11 heteroatoms. The fraction of sp³-hybridized carbons (Fsp3) is 0.235. The van der Waals surface area contributed by atoms with Crippen molar-refractivity contribution in [2.24, 2.45) is 5.14 Å². The molecule has 0 atom stereocenters. The van der Waals surface area contributed by atoms with Crippen LogP contribution in [0, 0.1) is 10.1 Å². The summed E-state index contributed by atoms with van der Waals surface area (Å²) in [5.41, 5.74) is 0.524. The molecule has 0 radical (unpaired) electrons. The van der Waals surface area contributed by atoms with Crippen molar-refractivity contribution in [3.05, 3.63) is 58.1 Å². The Hall–Kier alpha value is -3.18. The molecule has 0 spiro atoms. The van der Waals surface area contributed by atoms with E-state index in [2.05, 4.69) is 10.6 Å². The van der Waals surface area contributed by atoms with E-state index in [0.717, 1.165) is 17.7 Å². The van der Waals surface area contributed by atoms with Crippen molar-refractivity contribution in [2.75, 3.05) is 19.0 Å². The first kappa shape index (κ1) is 21.1. The summed E-state index contributed by atoms with van der Waals surface area (Å²) >= 11 is 0. The number of rotatable bonds is 9. The molecule has 0 fully saturated rings. The van der Waals surface area contributed by atoms with Crippen LogP contribution in [0.2, 0.25) is 0 Å². The van der Waals surface area contributed by atoms with Crippen LogP contribution in [0.1, 0.15) is 12.0 Å². The van der Waals surface area contributed by atoms with Crippen molar-refractivity contribution in [1.82, 2.24) is 5.32 Å². The van der Waals surface area contributed by atoms with Crippen LogP contribution < -0.4 is 20.5 Å². The number of primary sulfonamides is 1. The molecule has 1 amide bonds. The number of carbonyl (C=O) groups excluding carboxylic acids is 1. The smallest absolute Gasteiger partial charge is 0.293 e. The van der Waals surface area contributed by atoms with E-state index < -0.39 is 20.6 Å². The van der Waals surface area contributed by atoms with E-state index in [1.54, 1.807) is 19.2 Å². The van der Waals surface area contributed by atoms with Gasteiger partial charge in [-0.15, -0.1) is 0 Å². The van der Waals surface area contributed by atoms with E-state index in [-0.39, 0.29) is 29.5 Å². The minimum atomic E-state index is -4.05. The predicted molar refractivity (Wildman–Crippen MR) is 102 cm³/mol. The van der Waals surface area contributed by atoms with E-state index in [1.165, 1.54) is 6.07 Å². The van der Waals surface area contributed by atoms with Gasteiger partial charge in [0.05, 0.1) is 16.9 Å². The third-order valence-electron chi connectivity index (χ3n) is 3.79. The number of amides is 1. The lowest BCUT2D eigenvalue weighted by atomic mass is 10.2. The van der Waals surface area contributed by atoms with Gasteiger partial charge in [0.25, 0.3) is 5.69 Å². The summed E-state index contributed by atoms with van der Waals surface area (Å²) < 4.78 is 27.8. The standard InChI is InChI=1S/C17H20N4O6S/c1-27-13-4-2-3-12(9-13)11-20-17(22)7-8-19-15-6-5-14(28(18,25)26)10-16(15)21(23)24/h2-6,9-10,19H,7-8,11H2,1H3,(H,20,22)(H2,18,25,26). The molecule has 0 aliphatic rings. The summed E-state index contributed by atoms with van der Waals surface area (Å²) in [6.45, 7) is 0.443. The van der Waals surface area contributed by atoms with E-state index >= 15 is 0 Å². The third kappa shape index (κ3) is 5.93. The predicted octanol–water partition coefficient (Wildman–Crippen LogP) is 1.37. The van der Waals surface area contributed by atoms with Gasteiger partial charge in [-0.1, -0.05) is 12.1 Å². The molecule has 0 aliphatic carbocycles. The molecule has 0 saturated carbocycles. The molecule has 28 heavy (non-hydrogen) atoms. The number of ether oxygens (including phenoxy) is 1. The van der Waals surface area contributed by atoms with Gasteiger partial charge in [0.15, 0.2) is 0 Å². The van der Waals surface area contributed by atoms with Gasteiger partial charge in [-0.25, -0.2) is 13.6 Å².